The summed E-state index contributed by atoms with van der Waals surface area (Å²) in [5.74, 6) is -0.166. The lowest BCUT2D eigenvalue weighted by Crippen LogP contribution is -2.33. The van der Waals surface area contributed by atoms with Crippen LogP contribution in [0.2, 0.25) is 0 Å². The molecule has 1 saturated carbocycles. The van der Waals surface area contributed by atoms with Crippen molar-refractivity contribution in [2.45, 2.75) is 12.8 Å². The van der Waals surface area contributed by atoms with Crippen LogP contribution in [0.5, 0.6) is 0 Å². The monoisotopic (exact) mass is 212 g/mol. The molecule has 5 heteroatoms. The highest BCUT2D eigenvalue weighted by molar-refractivity contribution is 5.88. The maximum Gasteiger partial charge on any atom is 0.240 e. The van der Waals surface area contributed by atoms with E-state index < -0.39 is 5.41 Å². The van der Waals surface area contributed by atoms with Crippen molar-refractivity contribution in [2.24, 2.45) is 5.41 Å². The Labute approximate surface area is 89.3 Å². The zero-order valence-electron chi connectivity index (χ0n) is 8.91. The van der Waals surface area contributed by atoms with Crippen molar-refractivity contribution >= 4 is 5.91 Å². The molecular formula is C10H16N2O3. The van der Waals surface area contributed by atoms with Crippen LogP contribution in [-0.2, 0) is 14.3 Å². The van der Waals surface area contributed by atoms with Crippen LogP contribution in [0.1, 0.15) is 12.8 Å². The summed E-state index contributed by atoms with van der Waals surface area (Å²) >= 11 is 0. The van der Waals surface area contributed by atoms with Gasteiger partial charge in [0.2, 0.25) is 5.91 Å². The molecule has 5 nitrogen and oxygen atoms in total. The smallest absolute Gasteiger partial charge is 0.240 e. The molecule has 1 rings (SSSR count). The van der Waals surface area contributed by atoms with E-state index in [0.717, 1.165) is 0 Å². The predicted molar refractivity (Wildman–Crippen MR) is 53.0 cm³/mol. The molecule has 1 fully saturated rings. The largest absolute Gasteiger partial charge is 0.382 e. The van der Waals surface area contributed by atoms with Crippen molar-refractivity contribution < 1.29 is 14.3 Å². The topological polar surface area (TPSA) is 71.3 Å². The van der Waals surface area contributed by atoms with E-state index in [-0.39, 0.29) is 5.91 Å². The molecule has 0 saturated heterocycles. The molecule has 1 N–H and O–H groups in total. The number of hydrogen-bond acceptors (Lipinski definition) is 4. The first kappa shape index (κ1) is 12.0. The molecule has 0 bridgehead atoms. The van der Waals surface area contributed by atoms with Crippen molar-refractivity contribution in [3.05, 3.63) is 0 Å². The molecule has 0 unspecified atom stereocenters. The Hall–Kier alpha value is -1.12. The van der Waals surface area contributed by atoms with Crippen LogP contribution in [-0.4, -0.2) is 39.4 Å². The fourth-order valence-corrected chi connectivity index (χ4v) is 1.16. The van der Waals surface area contributed by atoms with Gasteiger partial charge in [-0.2, -0.15) is 5.26 Å². The Bertz CT molecular complexity index is 256. The summed E-state index contributed by atoms with van der Waals surface area (Å²) in [4.78, 5) is 11.4. The minimum atomic E-state index is -0.730. The molecule has 1 amide bonds. The quantitative estimate of drug-likeness (QED) is 0.606. The third-order valence-electron chi connectivity index (χ3n) is 2.36. The van der Waals surface area contributed by atoms with E-state index in [1.165, 1.54) is 0 Å². The van der Waals surface area contributed by atoms with Gasteiger partial charge < -0.3 is 14.8 Å². The molecule has 0 atom stereocenters. The summed E-state index contributed by atoms with van der Waals surface area (Å²) in [5, 5.41) is 11.4. The number of amides is 1. The first-order valence-electron chi connectivity index (χ1n) is 5.01. The first-order chi connectivity index (χ1) is 7.25. The van der Waals surface area contributed by atoms with Crippen molar-refractivity contribution in [1.82, 2.24) is 5.32 Å². The lowest BCUT2D eigenvalue weighted by atomic mass is 10.1. The maximum atomic E-state index is 11.4. The lowest BCUT2D eigenvalue weighted by Gasteiger charge is -2.08. The first-order valence-corrected chi connectivity index (χ1v) is 5.01. The minimum Gasteiger partial charge on any atom is -0.382 e. The van der Waals surface area contributed by atoms with Gasteiger partial charge in [0.05, 0.1) is 25.9 Å². The van der Waals surface area contributed by atoms with Crippen LogP contribution in [0.15, 0.2) is 0 Å². The van der Waals surface area contributed by atoms with Crippen LogP contribution in [0.25, 0.3) is 0 Å². The van der Waals surface area contributed by atoms with Crippen LogP contribution in [0, 0.1) is 16.7 Å². The van der Waals surface area contributed by atoms with Crippen molar-refractivity contribution in [2.75, 3.05) is 33.5 Å². The number of carbonyl (C=O) groups excluding carboxylic acids is 1. The Morgan fingerprint density at radius 2 is 2.20 bits per heavy atom. The molecule has 0 aromatic heterocycles. The SMILES string of the molecule is COCCOCCNC(=O)C1(C#N)CC1. The average molecular weight is 212 g/mol. The number of ether oxygens (including phenoxy) is 2. The second-order valence-corrected chi connectivity index (χ2v) is 3.55. The van der Waals surface area contributed by atoms with Gasteiger partial charge in [-0.1, -0.05) is 0 Å². The fraction of sp³-hybridized carbons (Fsp3) is 0.800. The lowest BCUT2D eigenvalue weighted by molar-refractivity contribution is -0.124. The highest BCUT2D eigenvalue weighted by atomic mass is 16.5. The van der Waals surface area contributed by atoms with Gasteiger partial charge in [0.1, 0.15) is 5.41 Å². The molecule has 0 aliphatic heterocycles. The Morgan fingerprint density at radius 1 is 1.47 bits per heavy atom. The third kappa shape index (κ3) is 3.50. The number of carbonyl (C=O) groups is 1. The van der Waals surface area contributed by atoms with Gasteiger partial charge in [0.25, 0.3) is 0 Å². The number of rotatable bonds is 7. The number of methoxy groups -OCH3 is 1. The van der Waals surface area contributed by atoms with E-state index in [2.05, 4.69) is 5.32 Å². The van der Waals surface area contributed by atoms with Gasteiger partial charge in [-0.15, -0.1) is 0 Å². The average Bonchev–Trinajstić information content (AvgIpc) is 3.03. The third-order valence-corrected chi connectivity index (χ3v) is 2.36. The molecule has 0 radical (unpaired) electrons. The molecule has 1 aliphatic carbocycles. The fourth-order valence-electron chi connectivity index (χ4n) is 1.16. The Kier molecular flexibility index (Phi) is 4.53. The predicted octanol–water partition coefficient (Wildman–Crippen LogP) is 0.0694. The van der Waals surface area contributed by atoms with Gasteiger partial charge in [-0.3, -0.25) is 4.79 Å². The van der Waals surface area contributed by atoms with E-state index in [1.54, 1.807) is 7.11 Å². The molecule has 1 aliphatic rings. The summed E-state index contributed by atoms with van der Waals surface area (Å²) in [6.45, 7) is 1.98. The highest BCUT2D eigenvalue weighted by Crippen LogP contribution is 2.44. The highest BCUT2D eigenvalue weighted by Gasteiger charge is 2.50. The van der Waals surface area contributed by atoms with Gasteiger partial charge in [0.15, 0.2) is 0 Å². The number of hydrogen-bond donors (Lipinski definition) is 1. The van der Waals surface area contributed by atoms with Crippen molar-refractivity contribution in [3.63, 3.8) is 0 Å². The molecule has 84 valence electrons. The van der Waals surface area contributed by atoms with Gasteiger partial charge in [-0.05, 0) is 12.8 Å². The number of nitrogens with one attached hydrogen (secondary N) is 1. The summed E-state index contributed by atoms with van der Waals surface area (Å²) in [6.07, 6.45) is 1.36. The molecule has 0 heterocycles. The normalized spacial score (nSPS) is 16.8. The number of nitriles is 1. The minimum absolute atomic E-state index is 0.166. The Morgan fingerprint density at radius 3 is 2.73 bits per heavy atom. The molecule has 0 aromatic rings. The van der Waals surface area contributed by atoms with Crippen LogP contribution in [0.3, 0.4) is 0 Å². The van der Waals surface area contributed by atoms with Crippen LogP contribution >= 0.6 is 0 Å². The second-order valence-electron chi connectivity index (χ2n) is 3.55. The zero-order chi connectivity index (χ0) is 11.1. The van der Waals surface area contributed by atoms with E-state index in [1.807, 2.05) is 6.07 Å². The van der Waals surface area contributed by atoms with Gasteiger partial charge in [-0.25, -0.2) is 0 Å². The van der Waals surface area contributed by atoms with Crippen molar-refractivity contribution in [1.29, 1.82) is 5.26 Å². The molecule has 0 spiro atoms. The van der Waals surface area contributed by atoms with Crippen LogP contribution in [0.4, 0.5) is 0 Å². The maximum absolute atomic E-state index is 11.4. The summed E-state index contributed by atoms with van der Waals surface area (Å²) in [7, 11) is 1.61. The number of nitrogens with zero attached hydrogens (tertiary/aromatic N) is 1. The molecule has 15 heavy (non-hydrogen) atoms. The summed E-state index contributed by atoms with van der Waals surface area (Å²) in [6, 6.07) is 2.04. The van der Waals surface area contributed by atoms with Gasteiger partial charge in [0, 0.05) is 13.7 Å². The zero-order valence-corrected chi connectivity index (χ0v) is 8.91. The standard InChI is InChI=1S/C10H16N2O3/c1-14-6-7-15-5-4-12-9(13)10(8-11)2-3-10/h2-7H2,1H3,(H,12,13). The molecular weight excluding hydrogens is 196 g/mol. The molecule has 0 aromatic carbocycles. The summed E-state index contributed by atoms with van der Waals surface area (Å²) < 4.78 is 9.96. The summed E-state index contributed by atoms with van der Waals surface area (Å²) in [5.41, 5.74) is -0.730. The Balaban J connectivity index is 2.01. The van der Waals surface area contributed by atoms with Gasteiger partial charge >= 0.3 is 0 Å². The second kappa shape index (κ2) is 5.69. The van der Waals surface area contributed by atoms with E-state index in [9.17, 15) is 4.79 Å². The van der Waals surface area contributed by atoms with Crippen LogP contribution < -0.4 is 5.32 Å². The van der Waals surface area contributed by atoms with E-state index in [0.29, 0.717) is 39.2 Å². The van der Waals surface area contributed by atoms with E-state index >= 15 is 0 Å². The van der Waals surface area contributed by atoms with E-state index in [4.69, 9.17) is 14.7 Å². The van der Waals surface area contributed by atoms with Crippen molar-refractivity contribution in [3.8, 4) is 6.07 Å².